The number of nitrogens with zero attached hydrogens (tertiary/aromatic N) is 3. The fourth-order valence-corrected chi connectivity index (χ4v) is 4.91. The van der Waals surface area contributed by atoms with E-state index in [-0.39, 0.29) is 11.5 Å². The maximum absolute atomic E-state index is 13.2. The van der Waals surface area contributed by atoms with E-state index >= 15 is 0 Å². The molecule has 164 valence electrons. The average molecular weight is 421 g/mol. The summed E-state index contributed by atoms with van der Waals surface area (Å²) >= 11 is 0. The van der Waals surface area contributed by atoms with Crippen molar-refractivity contribution in [1.29, 1.82) is 0 Å². The molecule has 1 aromatic carbocycles. The molecule has 0 unspecified atom stereocenters. The highest BCUT2D eigenvalue weighted by Crippen LogP contribution is 2.25. The van der Waals surface area contributed by atoms with Gasteiger partial charge in [-0.1, -0.05) is 38.0 Å². The van der Waals surface area contributed by atoms with E-state index in [0.717, 1.165) is 35.3 Å². The van der Waals surface area contributed by atoms with Crippen molar-refractivity contribution in [2.24, 2.45) is 5.92 Å². The van der Waals surface area contributed by atoms with Crippen LogP contribution in [0.25, 0.3) is 16.5 Å². The number of carbonyl (C=O) groups is 1. The molecule has 0 bridgehead atoms. The Labute approximate surface area is 183 Å². The standard InChI is InChI=1S/C25H32N4O2/c1-17-10-7-8-13-22(17)27-23(30)14-9-15-28-18(2)21-16-26-29(20-11-5-4-6-12-20)25(31)24(21)19(28)3/h4-6,11-12,16-17,22H,7-10,13-15H2,1-3H3,(H,27,30)/t17-,22-/m1/s1. The van der Waals surface area contributed by atoms with Gasteiger partial charge < -0.3 is 9.88 Å². The second-order valence-corrected chi connectivity index (χ2v) is 8.85. The molecule has 6 heteroatoms. The van der Waals surface area contributed by atoms with Gasteiger partial charge in [-0.2, -0.15) is 9.78 Å². The summed E-state index contributed by atoms with van der Waals surface area (Å²) in [5, 5.41) is 9.22. The van der Waals surface area contributed by atoms with Crippen molar-refractivity contribution in [2.45, 2.75) is 71.9 Å². The lowest BCUT2D eigenvalue weighted by Crippen LogP contribution is -2.41. The zero-order chi connectivity index (χ0) is 22.0. The minimum absolute atomic E-state index is 0.105. The van der Waals surface area contributed by atoms with Crippen LogP contribution in [0.4, 0.5) is 0 Å². The topological polar surface area (TPSA) is 68.9 Å². The Bertz CT molecular complexity index is 1130. The van der Waals surface area contributed by atoms with Gasteiger partial charge in [-0.3, -0.25) is 9.59 Å². The molecule has 0 saturated heterocycles. The van der Waals surface area contributed by atoms with E-state index in [1.165, 1.54) is 23.9 Å². The number of nitrogens with one attached hydrogen (secondary N) is 1. The molecular weight excluding hydrogens is 388 g/mol. The number of aryl methyl sites for hydroxylation is 2. The van der Waals surface area contributed by atoms with Crippen LogP contribution >= 0.6 is 0 Å². The van der Waals surface area contributed by atoms with Crippen LogP contribution in [0.3, 0.4) is 0 Å². The van der Waals surface area contributed by atoms with Gasteiger partial charge in [0.05, 0.1) is 17.3 Å². The van der Waals surface area contributed by atoms with Crippen molar-refractivity contribution < 1.29 is 4.79 Å². The van der Waals surface area contributed by atoms with E-state index in [9.17, 15) is 9.59 Å². The fraction of sp³-hybridized carbons (Fsp3) is 0.480. The molecule has 1 fully saturated rings. The molecule has 4 rings (SSSR count). The number of amides is 1. The molecule has 1 saturated carbocycles. The number of hydrogen-bond donors (Lipinski definition) is 1. The van der Waals surface area contributed by atoms with Gasteiger partial charge in [-0.25, -0.2) is 0 Å². The van der Waals surface area contributed by atoms with E-state index in [1.54, 1.807) is 6.20 Å². The first kappa shape index (κ1) is 21.3. The van der Waals surface area contributed by atoms with Gasteiger partial charge >= 0.3 is 0 Å². The summed E-state index contributed by atoms with van der Waals surface area (Å²) < 4.78 is 3.61. The number of carbonyl (C=O) groups excluding carboxylic acids is 1. The second-order valence-electron chi connectivity index (χ2n) is 8.85. The number of benzene rings is 1. The van der Waals surface area contributed by atoms with Gasteiger partial charge in [0.25, 0.3) is 5.56 Å². The summed E-state index contributed by atoms with van der Waals surface area (Å²) in [4.78, 5) is 25.6. The first-order valence-electron chi connectivity index (χ1n) is 11.4. The van der Waals surface area contributed by atoms with Crippen LogP contribution < -0.4 is 10.9 Å². The Morgan fingerprint density at radius 1 is 1.13 bits per heavy atom. The molecular formula is C25H32N4O2. The second kappa shape index (κ2) is 9.08. The van der Waals surface area contributed by atoms with Crippen molar-refractivity contribution in [3.8, 4) is 5.69 Å². The smallest absolute Gasteiger partial charge is 0.281 e. The van der Waals surface area contributed by atoms with Crippen LogP contribution in [0.1, 0.15) is 56.8 Å². The molecule has 1 amide bonds. The van der Waals surface area contributed by atoms with Gasteiger partial charge in [0.1, 0.15) is 0 Å². The van der Waals surface area contributed by atoms with Crippen molar-refractivity contribution in [2.75, 3.05) is 0 Å². The summed E-state index contributed by atoms with van der Waals surface area (Å²) in [7, 11) is 0. The largest absolute Gasteiger partial charge is 0.353 e. The lowest BCUT2D eigenvalue weighted by molar-refractivity contribution is -0.122. The van der Waals surface area contributed by atoms with Gasteiger partial charge in [-0.05, 0) is 51.2 Å². The van der Waals surface area contributed by atoms with E-state index in [4.69, 9.17) is 0 Å². The highest BCUT2D eigenvalue weighted by atomic mass is 16.1. The first-order valence-corrected chi connectivity index (χ1v) is 11.4. The Kier molecular flexibility index (Phi) is 6.25. The minimum Gasteiger partial charge on any atom is -0.353 e. The predicted octanol–water partition coefficient (Wildman–Crippen LogP) is 4.28. The normalized spacial score (nSPS) is 18.9. The SMILES string of the molecule is Cc1c2cnn(-c3ccccc3)c(=O)c2c(C)n1CCCC(=O)N[C@@H]1CCCC[C@H]1C. The number of aromatic nitrogens is 3. The lowest BCUT2D eigenvalue weighted by atomic mass is 9.86. The van der Waals surface area contributed by atoms with Crippen LogP contribution in [-0.4, -0.2) is 26.3 Å². The molecule has 6 nitrogen and oxygen atoms in total. The van der Waals surface area contributed by atoms with E-state index < -0.39 is 0 Å². The van der Waals surface area contributed by atoms with Gasteiger partial charge in [0.2, 0.25) is 5.91 Å². The molecule has 0 spiro atoms. The van der Waals surface area contributed by atoms with Crippen molar-refractivity contribution in [3.63, 3.8) is 0 Å². The van der Waals surface area contributed by atoms with Crippen LogP contribution in [-0.2, 0) is 11.3 Å². The summed E-state index contributed by atoms with van der Waals surface area (Å²) in [5.41, 5.74) is 2.62. The molecule has 1 aliphatic carbocycles. The van der Waals surface area contributed by atoms with Gasteiger partial charge in [0.15, 0.2) is 0 Å². The van der Waals surface area contributed by atoms with E-state index in [0.29, 0.717) is 30.3 Å². The Hall–Kier alpha value is -2.89. The van der Waals surface area contributed by atoms with Crippen LogP contribution in [0.5, 0.6) is 0 Å². The highest BCUT2D eigenvalue weighted by molar-refractivity contribution is 5.87. The first-order chi connectivity index (χ1) is 15.0. The maximum atomic E-state index is 13.2. The summed E-state index contributed by atoms with van der Waals surface area (Å²) in [6.07, 6.45) is 7.80. The zero-order valence-corrected chi connectivity index (χ0v) is 18.7. The number of para-hydroxylation sites is 1. The third-order valence-electron chi connectivity index (χ3n) is 6.78. The number of rotatable bonds is 6. The number of hydrogen-bond acceptors (Lipinski definition) is 3. The molecule has 0 aliphatic heterocycles. The predicted molar refractivity (Wildman–Crippen MR) is 124 cm³/mol. The van der Waals surface area contributed by atoms with Crippen molar-refractivity contribution >= 4 is 16.7 Å². The summed E-state index contributed by atoms with van der Waals surface area (Å²) in [5.74, 6) is 0.704. The maximum Gasteiger partial charge on any atom is 0.281 e. The van der Waals surface area contributed by atoms with E-state index in [1.807, 2.05) is 44.2 Å². The van der Waals surface area contributed by atoms with E-state index in [2.05, 4.69) is 21.9 Å². The Morgan fingerprint density at radius 3 is 2.61 bits per heavy atom. The lowest BCUT2D eigenvalue weighted by Gasteiger charge is -2.29. The van der Waals surface area contributed by atoms with Gasteiger partial charge in [0, 0.05) is 35.8 Å². The molecule has 2 aromatic heterocycles. The molecule has 1 aliphatic rings. The van der Waals surface area contributed by atoms with Crippen LogP contribution in [0, 0.1) is 19.8 Å². The van der Waals surface area contributed by atoms with Gasteiger partial charge in [-0.15, -0.1) is 0 Å². The zero-order valence-electron chi connectivity index (χ0n) is 18.7. The number of fused-ring (bicyclic) bond motifs is 1. The van der Waals surface area contributed by atoms with Crippen molar-refractivity contribution in [1.82, 2.24) is 19.7 Å². The Morgan fingerprint density at radius 2 is 1.87 bits per heavy atom. The molecule has 31 heavy (non-hydrogen) atoms. The van der Waals surface area contributed by atoms with Crippen molar-refractivity contribution in [3.05, 3.63) is 58.3 Å². The van der Waals surface area contributed by atoms with Crippen LogP contribution in [0.15, 0.2) is 41.3 Å². The third-order valence-corrected chi connectivity index (χ3v) is 6.78. The fourth-order valence-electron chi connectivity index (χ4n) is 4.91. The monoisotopic (exact) mass is 420 g/mol. The molecule has 3 aromatic rings. The summed E-state index contributed by atoms with van der Waals surface area (Å²) in [6, 6.07) is 9.80. The Balaban J connectivity index is 1.49. The molecule has 2 heterocycles. The highest BCUT2D eigenvalue weighted by Gasteiger charge is 2.22. The van der Waals surface area contributed by atoms with Crippen LogP contribution in [0.2, 0.25) is 0 Å². The average Bonchev–Trinajstić information content (AvgIpc) is 3.01. The molecule has 0 radical (unpaired) electrons. The quantitative estimate of drug-likeness (QED) is 0.647. The third kappa shape index (κ3) is 4.29. The summed E-state index contributed by atoms with van der Waals surface area (Å²) in [6.45, 7) is 6.95. The molecule has 2 atom stereocenters. The molecule has 1 N–H and O–H groups in total. The minimum atomic E-state index is -0.105.